The molecule has 0 spiro atoms. The van der Waals surface area contributed by atoms with Gasteiger partial charge in [-0.05, 0) is 77.9 Å². The first-order valence-electron chi connectivity index (χ1n) is 21.9. The molecule has 0 bridgehead atoms. The monoisotopic (exact) mass is 831 g/mol. The smallest absolute Gasteiger partial charge is 0.265 e. The Labute approximate surface area is 374 Å². The van der Waals surface area contributed by atoms with Gasteiger partial charge in [0.05, 0.1) is 27.8 Å². The summed E-state index contributed by atoms with van der Waals surface area (Å²) in [6.45, 7) is 0.00925. The molecule has 3 nitrogen and oxygen atoms in total. The number of para-hydroxylation sites is 2. The van der Waals surface area contributed by atoms with Gasteiger partial charge in [-0.3, -0.25) is 4.98 Å². The highest BCUT2D eigenvalue weighted by atomic mass is 32.1. The fourth-order valence-electron chi connectivity index (χ4n) is 10.2. The molecule has 0 aliphatic heterocycles. The number of fused-ring (bicyclic) bond motifs is 10. The Balaban J connectivity index is 1.01. The average molecular weight is 832 g/mol. The van der Waals surface area contributed by atoms with E-state index in [2.05, 4.69) is 240 Å². The molecular formula is C59H38BN3S. The molecule has 0 saturated carbocycles. The minimum absolute atomic E-state index is 0.00925. The number of benzene rings is 9. The Morgan fingerprint density at radius 3 is 1.52 bits per heavy atom. The third-order valence-corrected chi connectivity index (χ3v) is 14.2. The Hall–Kier alpha value is -7.99. The van der Waals surface area contributed by atoms with Gasteiger partial charge in [0.15, 0.2) is 0 Å². The van der Waals surface area contributed by atoms with E-state index >= 15 is 0 Å². The predicted octanol–water partition coefficient (Wildman–Crippen LogP) is 13.5. The van der Waals surface area contributed by atoms with E-state index in [1.807, 2.05) is 11.3 Å². The van der Waals surface area contributed by atoms with Crippen molar-refractivity contribution in [3.63, 3.8) is 0 Å². The first-order chi connectivity index (χ1) is 31.7. The van der Waals surface area contributed by atoms with Gasteiger partial charge in [-0.15, -0.1) is 11.3 Å². The van der Waals surface area contributed by atoms with Crippen molar-refractivity contribution in [1.29, 1.82) is 0 Å². The highest BCUT2D eigenvalue weighted by molar-refractivity contribution is 7.25. The van der Waals surface area contributed by atoms with Crippen molar-refractivity contribution in [2.45, 2.75) is 0 Å². The maximum Gasteiger partial charge on any atom is 0.265 e. The van der Waals surface area contributed by atoms with Gasteiger partial charge >= 0.3 is 0 Å². The second-order valence-electron chi connectivity index (χ2n) is 16.7. The van der Waals surface area contributed by atoms with E-state index in [1.54, 1.807) is 0 Å². The lowest BCUT2D eigenvalue weighted by Crippen LogP contribution is -2.53. The van der Waals surface area contributed by atoms with Crippen molar-refractivity contribution in [2.24, 2.45) is 0 Å². The molecule has 0 aliphatic carbocycles. The fourth-order valence-corrected chi connectivity index (χ4v) is 11.3. The molecule has 13 rings (SSSR count). The van der Waals surface area contributed by atoms with Crippen molar-refractivity contribution in [3.8, 4) is 33.8 Å². The van der Waals surface area contributed by atoms with Crippen LogP contribution in [-0.4, -0.2) is 20.8 Å². The highest BCUT2D eigenvalue weighted by Crippen LogP contribution is 2.43. The topological polar surface area (TPSA) is 22.8 Å². The summed E-state index contributed by atoms with van der Waals surface area (Å²) >= 11 is 1.86. The van der Waals surface area contributed by atoms with E-state index in [-0.39, 0.29) is 6.71 Å². The minimum Gasteiger partial charge on any atom is -0.307 e. The summed E-state index contributed by atoms with van der Waals surface area (Å²) in [6.07, 6.45) is 0. The summed E-state index contributed by atoms with van der Waals surface area (Å²) < 4.78 is 7.61. The van der Waals surface area contributed by atoms with Crippen molar-refractivity contribution >= 4 is 98.4 Å². The Bertz CT molecular complexity index is 3880. The summed E-state index contributed by atoms with van der Waals surface area (Å²) in [5.41, 5.74) is 14.8. The molecule has 0 amide bonds. The van der Waals surface area contributed by atoms with E-state index < -0.39 is 0 Å². The van der Waals surface area contributed by atoms with E-state index in [4.69, 9.17) is 4.98 Å². The Kier molecular flexibility index (Phi) is 8.50. The van der Waals surface area contributed by atoms with Gasteiger partial charge in [-0.1, -0.05) is 175 Å². The van der Waals surface area contributed by atoms with Crippen LogP contribution in [0.5, 0.6) is 0 Å². The molecule has 4 heterocycles. The van der Waals surface area contributed by atoms with Crippen LogP contribution in [0.25, 0.3) is 97.5 Å². The van der Waals surface area contributed by atoms with E-state index in [9.17, 15) is 0 Å². The number of thiophene rings is 1. The van der Waals surface area contributed by atoms with Crippen LogP contribution < -0.4 is 16.5 Å². The molecule has 298 valence electrons. The lowest BCUT2D eigenvalue weighted by Gasteiger charge is -2.16. The number of nitrogens with zero attached hydrogens (tertiary/aromatic N) is 3. The zero-order chi connectivity index (χ0) is 42.1. The molecule has 0 N–H and O–H groups in total. The Morgan fingerprint density at radius 1 is 0.344 bits per heavy atom. The van der Waals surface area contributed by atoms with E-state index in [0.717, 1.165) is 28.2 Å². The molecule has 0 atom stereocenters. The lowest BCUT2D eigenvalue weighted by molar-refractivity contribution is 1.15. The van der Waals surface area contributed by atoms with Crippen LogP contribution in [0.4, 0.5) is 0 Å². The summed E-state index contributed by atoms with van der Waals surface area (Å²) in [4.78, 5) is 5.42. The molecule has 13 aromatic rings. The van der Waals surface area contributed by atoms with Gasteiger partial charge in [0, 0.05) is 64.2 Å². The van der Waals surface area contributed by atoms with Crippen LogP contribution in [-0.2, 0) is 0 Å². The molecule has 5 heteroatoms. The first-order valence-corrected chi connectivity index (χ1v) is 22.7. The molecule has 0 saturated heterocycles. The molecular weight excluding hydrogens is 794 g/mol. The Morgan fingerprint density at radius 2 is 0.859 bits per heavy atom. The number of pyridine rings is 1. The van der Waals surface area contributed by atoms with E-state index in [0.29, 0.717) is 0 Å². The van der Waals surface area contributed by atoms with Gasteiger partial charge in [0.25, 0.3) is 6.71 Å². The van der Waals surface area contributed by atoms with Crippen LogP contribution >= 0.6 is 11.3 Å². The normalized spacial score (nSPS) is 11.8. The third kappa shape index (κ3) is 5.86. The summed E-state index contributed by atoms with van der Waals surface area (Å²) in [5, 5.41) is 7.52. The first kappa shape index (κ1) is 36.6. The number of hydrogen-bond acceptors (Lipinski definition) is 2. The SMILES string of the molecule is c1ccc(B(c2ccccc2)c2cccc(-c3cccc(-n4c5ccccc5c5ccc6c7ccccc7n(-c7cccc(-c8ccc9sc%10ccccc%10c9c8)c7)c6c54)c3)n2)cc1. The van der Waals surface area contributed by atoms with Crippen LogP contribution in [0.15, 0.2) is 231 Å². The van der Waals surface area contributed by atoms with Crippen LogP contribution in [0.2, 0.25) is 0 Å². The minimum atomic E-state index is 0.00925. The number of hydrogen-bond donors (Lipinski definition) is 0. The van der Waals surface area contributed by atoms with Crippen LogP contribution in [0.1, 0.15) is 0 Å². The van der Waals surface area contributed by atoms with Crippen LogP contribution in [0.3, 0.4) is 0 Å². The molecule has 9 aromatic carbocycles. The average Bonchev–Trinajstić information content (AvgIpc) is 4.03. The van der Waals surface area contributed by atoms with Gasteiger partial charge in [-0.2, -0.15) is 0 Å². The third-order valence-electron chi connectivity index (χ3n) is 13.0. The zero-order valence-corrected chi connectivity index (χ0v) is 35.6. The van der Waals surface area contributed by atoms with Gasteiger partial charge in [0.1, 0.15) is 0 Å². The lowest BCUT2D eigenvalue weighted by atomic mass is 9.38. The van der Waals surface area contributed by atoms with Crippen molar-refractivity contribution in [1.82, 2.24) is 14.1 Å². The molecule has 0 fully saturated rings. The maximum absolute atomic E-state index is 5.42. The summed E-state index contributed by atoms with van der Waals surface area (Å²) in [6, 6.07) is 83.9. The van der Waals surface area contributed by atoms with Gasteiger partial charge in [-0.25, -0.2) is 0 Å². The van der Waals surface area contributed by atoms with Gasteiger partial charge in [0.2, 0.25) is 0 Å². The summed E-state index contributed by atoms with van der Waals surface area (Å²) in [7, 11) is 0. The quantitative estimate of drug-likeness (QED) is 0.147. The molecule has 0 unspecified atom stereocenters. The second kappa shape index (κ2) is 14.8. The number of aromatic nitrogens is 3. The molecule has 0 aliphatic rings. The largest absolute Gasteiger partial charge is 0.307 e. The van der Waals surface area contributed by atoms with Crippen molar-refractivity contribution in [3.05, 3.63) is 231 Å². The molecule has 4 aromatic heterocycles. The summed E-state index contributed by atoms with van der Waals surface area (Å²) in [5.74, 6) is 0. The zero-order valence-electron chi connectivity index (χ0n) is 34.8. The van der Waals surface area contributed by atoms with Crippen molar-refractivity contribution < 1.29 is 0 Å². The molecule has 64 heavy (non-hydrogen) atoms. The second-order valence-corrected chi connectivity index (χ2v) is 17.8. The fraction of sp³-hybridized carbons (Fsp3) is 0. The predicted molar refractivity (Wildman–Crippen MR) is 274 cm³/mol. The maximum atomic E-state index is 5.42. The molecule has 0 radical (unpaired) electrons. The van der Waals surface area contributed by atoms with Crippen LogP contribution in [0, 0.1) is 0 Å². The number of rotatable bonds is 7. The highest BCUT2D eigenvalue weighted by Gasteiger charge is 2.25. The van der Waals surface area contributed by atoms with Gasteiger partial charge < -0.3 is 9.13 Å². The van der Waals surface area contributed by atoms with Crippen molar-refractivity contribution in [2.75, 3.05) is 0 Å². The van der Waals surface area contributed by atoms with E-state index in [1.165, 1.54) is 85.8 Å². The standard InChI is InChI=1S/C59H38BN3S/c1-3-18-42(19-4-1)60(43-20-5-2-6-21-43)57-31-15-27-52(61-57)41-17-14-23-45(37-41)63-54-29-11-8-25-47(54)50-34-33-49-46-24-7-10-28-53(46)62(58(49)59(50)63)44-22-13-16-39(36-44)40-32-35-56-51(38-40)48-26-9-12-30-55(48)64-56/h1-38H.